The lowest BCUT2D eigenvalue weighted by Crippen LogP contribution is -2.30. The Morgan fingerprint density at radius 3 is 2.75 bits per heavy atom. The minimum absolute atomic E-state index is 0.0971. The number of nitro benzene ring substituents is 1. The summed E-state index contributed by atoms with van der Waals surface area (Å²) in [4.78, 5) is 21.4. The van der Waals surface area contributed by atoms with E-state index in [1.165, 1.54) is 6.07 Å². The normalized spacial score (nSPS) is 11.7. The van der Waals surface area contributed by atoms with Crippen LogP contribution in [-0.2, 0) is 4.79 Å². The first-order valence-corrected chi connectivity index (χ1v) is 7.28. The first-order chi connectivity index (χ1) is 11.5. The van der Waals surface area contributed by atoms with E-state index in [1.807, 2.05) is 0 Å². The third-order valence-electron chi connectivity index (χ3n) is 3.67. The number of rotatable bonds is 7. The summed E-state index contributed by atoms with van der Waals surface area (Å²) in [5.74, 6) is -1.08. The first-order valence-electron chi connectivity index (χ1n) is 7.28. The van der Waals surface area contributed by atoms with E-state index in [2.05, 4.69) is 11.4 Å². The van der Waals surface area contributed by atoms with E-state index in [-0.39, 0.29) is 12.1 Å². The van der Waals surface area contributed by atoms with E-state index in [1.54, 1.807) is 24.3 Å². The number of aliphatic carboxylic acids is 1. The van der Waals surface area contributed by atoms with Gasteiger partial charge in [0.1, 0.15) is 11.7 Å². The van der Waals surface area contributed by atoms with Gasteiger partial charge in [-0.15, -0.1) is 0 Å². The van der Waals surface area contributed by atoms with Crippen LogP contribution in [0.1, 0.15) is 18.4 Å². The number of nitro groups is 1. The Hall–Kier alpha value is -3.18. The molecule has 0 aliphatic heterocycles. The molecule has 0 fully saturated rings. The molecule has 2 aromatic rings. The topological polar surface area (TPSA) is 142 Å². The Morgan fingerprint density at radius 1 is 1.38 bits per heavy atom. The number of nitrogens with zero attached hydrogens (tertiary/aromatic N) is 2. The van der Waals surface area contributed by atoms with Gasteiger partial charge in [0.15, 0.2) is 0 Å². The van der Waals surface area contributed by atoms with Crippen LogP contribution in [0, 0.1) is 21.4 Å². The Balaban J connectivity index is 2.29. The molecule has 0 aliphatic rings. The lowest BCUT2D eigenvalue weighted by atomic mass is 10.0. The second-order valence-corrected chi connectivity index (χ2v) is 5.24. The molecule has 0 radical (unpaired) electrons. The van der Waals surface area contributed by atoms with Gasteiger partial charge in [0.2, 0.25) is 0 Å². The van der Waals surface area contributed by atoms with Gasteiger partial charge in [0.25, 0.3) is 5.69 Å². The Morgan fingerprint density at radius 2 is 2.12 bits per heavy atom. The predicted molar refractivity (Wildman–Crippen MR) is 88.7 cm³/mol. The van der Waals surface area contributed by atoms with E-state index in [0.29, 0.717) is 35.0 Å². The molecule has 0 unspecified atom stereocenters. The molecule has 0 heterocycles. The molecule has 1 atom stereocenters. The number of nitrogens with two attached hydrogens (primary N) is 1. The van der Waals surface area contributed by atoms with Crippen LogP contribution in [-0.4, -0.2) is 28.6 Å². The summed E-state index contributed by atoms with van der Waals surface area (Å²) in [6.07, 6.45) is 0.698. The number of carbonyl (C=O) groups is 1. The number of nitriles is 1. The predicted octanol–water partition coefficient (Wildman–Crippen LogP) is 2.22. The largest absolute Gasteiger partial charge is 0.480 e. The molecule has 0 aliphatic carbocycles. The number of anilines is 1. The number of hydrogen-bond donors (Lipinski definition) is 3. The molecule has 2 aromatic carbocycles. The Bertz CT molecular complexity index is 829. The number of carboxylic acid groups (broad SMARTS) is 1. The minimum atomic E-state index is -1.08. The third-order valence-corrected chi connectivity index (χ3v) is 3.67. The summed E-state index contributed by atoms with van der Waals surface area (Å²) < 4.78 is 0. The zero-order valence-electron chi connectivity index (χ0n) is 12.7. The second-order valence-electron chi connectivity index (χ2n) is 5.24. The maximum Gasteiger partial charge on any atom is 0.320 e. The third kappa shape index (κ3) is 3.59. The van der Waals surface area contributed by atoms with Crippen LogP contribution in [0.3, 0.4) is 0 Å². The SMILES string of the molecule is N#Cc1cccc2c(NCCC[C@H](N)C(=O)O)c([N+](=O)[O-])ccc12. The second kappa shape index (κ2) is 7.39. The lowest BCUT2D eigenvalue weighted by Gasteiger charge is -2.12. The molecule has 8 heteroatoms. The minimum Gasteiger partial charge on any atom is -0.480 e. The van der Waals surface area contributed by atoms with Crippen molar-refractivity contribution in [3.8, 4) is 6.07 Å². The smallest absolute Gasteiger partial charge is 0.320 e. The highest BCUT2D eigenvalue weighted by Gasteiger charge is 2.18. The van der Waals surface area contributed by atoms with E-state index in [4.69, 9.17) is 16.1 Å². The fourth-order valence-electron chi connectivity index (χ4n) is 2.44. The number of fused-ring (bicyclic) bond motifs is 1. The van der Waals surface area contributed by atoms with Gasteiger partial charge < -0.3 is 16.2 Å². The quantitative estimate of drug-likeness (QED) is 0.402. The van der Waals surface area contributed by atoms with Crippen LogP contribution in [0.4, 0.5) is 11.4 Å². The van der Waals surface area contributed by atoms with Gasteiger partial charge in [-0.05, 0) is 25.0 Å². The molecule has 0 aromatic heterocycles. The van der Waals surface area contributed by atoms with Crippen LogP contribution in [0.25, 0.3) is 10.8 Å². The van der Waals surface area contributed by atoms with Crippen molar-refractivity contribution in [2.45, 2.75) is 18.9 Å². The van der Waals surface area contributed by atoms with Gasteiger partial charge in [0.05, 0.1) is 16.6 Å². The van der Waals surface area contributed by atoms with Gasteiger partial charge in [-0.25, -0.2) is 0 Å². The van der Waals surface area contributed by atoms with E-state index >= 15 is 0 Å². The van der Waals surface area contributed by atoms with Crippen molar-refractivity contribution in [2.75, 3.05) is 11.9 Å². The van der Waals surface area contributed by atoms with Gasteiger partial charge in [-0.3, -0.25) is 14.9 Å². The summed E-state index contributed by atoms with van der Waals surface area (Å²) >= 11 is 0. The van der Waals surface area contributed by atoms with Crippen LogP contribution in [0.5, 0.6) is 0 Å². The molecule has 124 valence electrons. The summed E-state index contributed by atoms with van der Waals surface area (Å²) in [6, 6.07) is 9.02. The van der Waals surface area contributed by atoms with Crippen molar-refractivity contribution in [2.24, 2.45) is 5.73 Å². The molecular weight excluding hydrogens is 312 g/mol. The molecular formula is C16H16N4O4. The van der Waals surface area contributed by atoms with Crippen LogP contribution in [0.15, 0.2) is 30.3 Å². The fourth-order valence-corrected chi connectivity index (χ4v) is 2.44. The number of nitrogens with one attached hydrogen (secondary N) is 1. The maximum absolute atomic E-state index is 11.3. The summed E-state index contributed by atoms with van der Waals surface area (Å²) in [6.45, 7) is 0.331. The van der Waals surface area contributed by atoms with E-state index in [0.717, 1.165) is 0 Å². The monoisotopic (exact) mass is 328 g/mol. The van der Waals surface area contributed by atoms with Crippen molar-refractivity contribution < 1.29 is 14.8 Å². The fraction of sp³-hybridized carbons (Fsp3) is 0.250. The molecule has 2 rings (SSSR count). The number of benzene rings is 2. The van der Waals surface area contributed by atoms with Crippen LogP contribution < -0.4 is 11.1 Å². The molecule has 0 bridgehead atoms. The Kier molecular flexibility index (Phi) is 5.29. The Labute approximate surface area is 137 Å². The van der Waals surface area contributed by atoms with Crippen LogP contribution in [0.2, 0.25) is 0 Å². The van der Waals surface area contributed by atoms with Crippen molar-refractivity contribution in [1.29, 1.82) is 5.26 Å². The van der Waals surface area contributed by atoms with Crippen molar-refractivity contribution >= 4 is 28.1 Å². The average molecular weight is 328 g/mol. The van der Waals surface area contributed by atoms with Crippen molar-refractivity contribution in [3.63, 3.8) is 0 Å². The molecule has 0 saturated carbocycles. The molecule has 0 spiro atoms. The first kappa shape index (κ1) is 17.2. The molecule has 0 amide bonds. The summed E-state index contributed by atoms with van der Waals surface area (Å²) in [7, 11) is 0. The zero-order chi connectivity index (χ0) is 17.7. The van der Waals surface area contributed by atoms with E-state index < -0.39 is 16.9 Å². The molecule has 4 N–H and O–H groups in total. The standard InChI is InChI=1S/C16H16N4O4/c17-9-10-3-1-4-12-11(10)6-7-14(20(23)24)15(12)19-8-2-5-13(18)16(21)22/h1,3-4,6-7,13,19H,2,5,8,18H2,(H,21,22)/t13-/m0/s1. The van der Waals surface area contributed by atoms with Crippen molar-refractivity contribution in [3.05, 3.63) is 46.0 Å². The highest BCUT2D eigenvalue weighted by molar-refractivity contribution is 6.01. The molecule has 0 saturated heterocycles. The maximum atomic E-state index is 11.3. The molecule has 8 nitrogen and oxygen atoms in total. The van der Waals surface area contributed by atoms with Gasteiger partial charge in [-0.2, -0.15) is 5.26 Å². The van der Waals surface area contributed by atoms with Crippen LogP contribution >= 0.6 is 0 Å². The number of hydrogen-bond acceptors (Lipinski definition) is 6. The zero-order valence-corrected chi connectivity index (χ0v) is 12.7. The highest BCUT2D eigenvalue weighted by atomic mass is 16.6. The molecule has 24 heavy (non-hydrogen) atoms. The van der Waals surface area contributed by atoms with Gasteiger partial charge in [-0.1, -0.05) is 12.1 Å². The summed E-state index contributed by atoms with van der Waals surface area (Å²) in [5.41, 5.74) is 6.08. The van der Waals surface area contributed by atoms with Gasteiger partial charge in [0, 0.05) is 23.4 Å². The highest BCUT2D eigenvalue weighted by Crippen LogP contribution is 2.34. The average Bonchev–Trinajstić information content (AvgIpc) is 2.57. The summed E-state index contributed by atoms with van der Waals surface area (Å²) in [5, 5.41) is 33.3. The number of carboxylic acids is 1. The van der Waals surface area contributed by atoms with Gasteiger partial charge >= 0.3 is 5.97 Å². The van der Waals surface area contributed by atoms with E-state index in [9.17, 15) is 14.9 Å². The van der Waals surface area contributed by atoms with Crippen molar-refractivity contribution in [1.82, 2.24) is 0 Å². The lowest BCUT2D eigenvalue weighted by molar-refractivity contribution is -0.383.